The summed E-state index contributed by atoms with van der Waals surface area (Å²) in [4.78, 5) is 27.7. The standard InChI is InChI=1S/C44H50N4O4/c1-52-32-14-11-29(12-15-32)25-30-18-24-48-31(13-16-37(30)49)26-43-28-47-22-7-5-3-2-4-6-20-44(51,42(43)48)27-35(36(43)19-23-47)40-41-34(17-21-45-40)33-9-8-10-38(50)39(33)46-41/h2,4,8-12,14-15,17,21,25,27,31,36,42,46,50-51H,3,5-7,13,16,18-20,22-24,26,28H2,1H3/b4-2-,30-25-/t31-,36-,42+,43-,44-/m0/s1. The third kappa shape index (κ3) is 5.62. The van der Waals surface area contributed by atoms with Gasteiger partial charge in [-0.05, 0) is 130 Å². The van der Waals surface area contributed by atoms with Crippen LogP contribution in [0.3, 0.4) is 0 Å². The lowest BCUT2D eigenvalue weighted by atomic mass is 9.54. The van der Waals surface area contributed by atoms with Gasteiger partial charge >= 0.3 is 0 Å². The van der Waals surface area contributed by atoms with E-state index in [-0.39, 0.29) is 34.9 Å². The summed E-state index contributed by atoms with van der Waals surface area (Å²) in [5, 5.41) is 26.2. The Labute approximate surface area is 305 Å². The van der Waals surface area contributed by atoms with Crippen LogP contribution in [0.25, 0.3) is 33.5 Å². The fourth-order valence-corrected chi connectivity index (χ4v) is 10.9. The lowest BCUT2D eigenvalue weighted by Crippen LogP contribution is -2.65. The number of hydrogen-bond donors (Lipinski definition) is 3. The van der Waals surface area contributed by atoms with E-state index in [4.69, 9.17) is 9.72 Å². The van der Waals surface area contributed by atoms with Crippen molar-refractivity contribution in [1.82, 2.24) is 19.8 Å². The number of aromatic hydroxyl groups is 1. The highest BCUT2D eigenvalue weighted by Gasteiger charge is 2.66. The number of phenolic OH excluding ortho intramolecular Hbond substituents is 1. The largest absolute Gasteiger partial charge is 0.506 e. The zero-order chi connectivity index (χ0) is 35.5. The Bertz CT molecular complexity index is 2100. The third-order valence-corrected chi connectivity index (χ3v) is 13.1. The lowest BCUT2D eigenvalue weighted by Gasteiger charge is -2.58. The number of H-pyrrole nitrogens is 1. The number of methoxy groups -OCH3 is 1. The number of carbonyl (C=O) groups excluding carboxylic acids is 1. The van der Waals surface area contributed by atoms with Crippen LogP contribution in [-0.2, 0) is 4.79 Å². The summed E-state index contributed by atoms with van der Waals surface area (Å²) in [6.07, 6.45) is 19.6. The molecule has 4 aromatic rings. The topological polar surface area (TPSA) is 102 Å². The van der Waals surface area contributed by atoms with Gasteiger partial charge in [-0.25, -0.2) is 0 Å². The van der Waals surface area contributed by atoms with E-state index in [1.807, 2.05) is 48.7 Å². The minimum atomic E-state index is -1.09. The molecule has 1 aliphatic carbocycles. The van der Waals surface area contributed by atoms with Gasteiger partial charge in [-0.15, -0.1) is 0 Å². The highest BCUT2D eigenvalue weighted by molar-refractivity contribution is 6.11. The molecule has 0 saturated carbocycles. The number of pyridine rings is 1. The number of carbonyl (C=O) groups is 1. The van der Waals surface area contributed by atoms with E-state index >= 15 is 0 Å². The van der Waals surface area contributed by atoms with Crippen LogP contribution < -0.4 is 4.74 Å². The number of aliphatic hydroxyl groups is 1. The number of aromatic amines is 1. The molecular weight excluding hydrogens is 649 g/mol. The minimum absolute atomic E-state index is 0.0721. The first-order chi connectivity index (χ1) is 25.4. The lowest BCUT2D eigenvalue weighted by molar-refractivity contribution is -0.116. The van der Waals surface area contributed by atoms with Crippen molar-refractivity contribution in [2.75, 3.05) is 33.3 Å². The van der Waals surface area contributed by atoms with E-state index in [1.165, 1.54) is 12.8 Å². The van der Waals surface area contributed by atoms with Crippen LogP contribution in [0.15, 0.2) is 78.5 Å². The smallest absolute Gasteiger partial charge is 0.158 e. The average molecular weight is 699 g/mol. The summed E-state index contributed by atoms with van der Waals surface area (Å²) in [6, 6.07) is 15.8. The summed E-state index contributed by atoms with van der Waals surface area (Å²) in [6.45, 7) is 3.77. The number of phenols is 1. The van der Waals surface area contributed by atoms with E-state index in [0.29, 0.717) is 19.3 Å². The summed E-state index contributed by atoms with van der Waals surface area (Å²) < 4.78 is 5.37. The van der Waals surface area contributed by atoms with Gasteiger partial charge in [0.2, 0.25) is 0 Å². The molecule has 4 aliphatic heterocycles. The van der Waals surface area contributed by atoms with Gasteiger partial charge in [0.25, 0.3) is 0 Å². The first-order valence-corrected chi connectivity index (χ1v) is 19.4. The fourth-order valence-electron chi connectivity index (χ4n) is 10.9. The van der Waals surface area contributed by atoms with Crippen molar-refractivity contribution >= 4 is 39.2 Å². The molecule has 3 fully saturated rings. The second-order valence-corrected chi connectivity index (χ2v) is 16.0. The van der Waals surface area contributed by atoms with Gasteiger partial charge in [-0.1, -0.05) is 36.4 Å². The molecule has 1 unspecified atom stereocenters. The number of nitrogens with zero attached hydrogens (tertiary/aromatic N) is 3. The molecule has 1 spiro atoms. The molecule has 2 aromatic heterocycles. The number of hydrogen-bond acceptors (Lipinski definition) is 7. The molecule has 52 heavy (non-hydrogen) atoms. The number of rotatable bonds is 3. The van der Waals surface area contributed by atoms with Crippen LogP contribution in [0.1, 0.15) is 75.5 Å². The second-order valence-electron chi connectivity index (χ2n) is 16.0. The molecule has 9 rings (SSSR count). The Kier molecular flexibility index (Phi) is 8.60. The summed E-state index contributed by atoms with van der Waals surface area (Å²) in [5.41, 5.74) is 4.25. The zero-order valence-corrected chi connectivity index (χ0v) is 30.2. The molecule has 0 amide bonds. The maximum Gasteiger partial charge on any atom is 0.158 e. The van der Waals surface area contributed by atoms with Crippen LogP contribution in [0.2, 0.25) is 0 Å². The van der Waals surface area contributed by atoms with Gasteiger partial charge in [0.05, 0.1) is 29.4 Å². The molecule has 3 bridgehead atoms. The molecule has 0 radical (unpaired) electrons. The Morgan fingerprint density at radius 2 is 1.81 bits per heavy atom. The molecule has 3 saturated heterocycles. The van der Waals surface area contributed by atoms with E-state index in [2.05, 4.69) is 39.1 Å². The first-order valence-electron chi connectivity index (χ1n) is 19.4. The average Bonchev–Trinajstić information content (AvgIpc) is 3.69. The zero-order valence-electron chi connectivity index (χ0n) is 30.2. The van der Waals surface area contributed by atoms with Crippen LogP contribution in [-0.4, -0.2) is 86.7 Å². The van der Waals surface area contributed by atoms with E-state index < -0.39 is 5.60 Å². The van der Waals surface area contributed by atoms with Crippen molar-refractivity contribution in [3.63, 3.8) is 0 Å². The van der Waals surface area contributed by atoms with Gasteiger partial charge in [0, 0.05) is 54.0 Å². The molecule has 6 atom stereocenters. The molecule has 5 aliphatic rings. The summed E-state index contributed by atoms with van der Waals surface area (Å²) >= 11 is 0. The van der Waals surface area contributed by atoms with Gasteiger partial charge < -0.3 is 24.8 Å². The number of ketones is 1. The normalized spacial score (nSPS) is 32.6. The number of benzene rings is 2. The van der Waals surface area contributed by atoms with Crippen LogP contribution in [0, 0.1) is 11.3 Å². The highest BCUT2D eigenvalue weighted by Crippen LogP contribution is 2.62. The van der Waals surface area contributed by atoms with Crippen LogP contribution >= 0.6 is 0 Å². The highest BCUT2D eigenvalue weighted by atomic mass is 16.5. The molecule has 8 nitrogen and oxygen atoms in total. The Hall–Kier alpha value is -4.24. The molecule has 8 heteroatoms. The number of allylic oxidation sites excluding steroid dienone is 3. The van der Waals surface area contributed by atoms with Crippen molar-refractivity contribution in [3.05, 3.63) is 89.8 Å². The summed E-state index contributed by atoms with van der Waals surface area (Å²) in [5.74, 6) is 1.47. The quantitative estimate of drug-likeness (QED) is 0.149. The molecule has 6 heterocycles. The number of Topliss-reactive ketones (excluding diaryl/α,β-unsaturated/α-hetero) is 1. The van der Waals surface area contributed by atoms with E-state index in [9.17, 15) is 15.0 Å². The number of ether oxygens (including phenoxy) is 1. The van der Waals surface area contributed by atoms with Gasteiger partial charge in [-0.3, -0.25) is 14.7 Å². The van der Waals surface area contributed by atoms with Crippen molar-refractivity contribution in [3.8, 4) is 11.5 Å². The van der Waals surface area contributed by atoms with Gasteiger partial charge in [0.1, 0.15) is 11.5 Å². The molecular formula is C44H50N4O4. The predicted molar refractivity (Wildman–Crippen MR) is 206 cm³/mol. The number of aromatic nitrogens is 2. The second kappa shape index (κ2) is 13.3. The van der Waals surface area contributed by atoms with Crippen molar-refractivity contribution in [1.29, 1.82) is 0 Å². The SMILES string of the molecule is COc1ccc(/C=C2/CCN3[C@@H](CCC2=O)C[C@]24CN5CCCC/C=C\CC[C@](O)(C=C(c6nccc7c6[nH]c6c(O)cccc67)[C@@H]2CC5)[C@H]34)cc1. The number of piperidine rings is 1. The summed E-state index contributed by atoms with van der Waals surface area (Å²) in [7, 11) is 1.67. The monoisotopic (exact) mass is 698 g/mol. The van der Waals surface area contributed by atoms with Crippen molar-refractivity contribution < 1.29 is 19.7 Å². The van der Waals surface area contributed by atoms with Crippen molar-refractivity contribution in [2.45, 2.75) is 81.9 Å². The number of fused-ring (bicyclic) bond motifs is 5. The van der Waals surface area contributed by atoms with Crippen LogP contribution in [0.4, 0.5) is 0 Å². The van der Waals surface area contributed by atoms with Gasteiger partial charge in [-0.2, -0.15) is 0 Å². The molecule has 270 valence electrons. The van der Waals surface area contributed by atoms with E-state index in [0.717, 1.165) is 108 Å². The predicted octanol–water partition coefficient (Wildman–Crippen LogP) is 7.67. The van der Waals surface area contributed by atoms with Crippen LogP contribution in [0.5, 0.6) is 11.5 Å². The Morgan fingerprint density at radius 3 is 2.67 bits per heavy atom. The Balaban J connectivity index is 1.17. The van der Waals surface area contributed by atoms with Crippen molar-refractivity contribution in [2.24, 2.45) is 11.3 Å². The third-order valence-electron chi connectivity index (χ3n) is 13.1. The molecule has 3 N–H and O–H groups in total. The Morgan fingerprint density at radius 1 is 0.962 bits per heavy atom. The molecule has 2 aromatic carbocycles. The number of nitrogens with one attached hydrogen (secondary N) is 1. The maximum absolute atomic E-state index is 13.8. The number of para-hydroxylation sites is 1. The first kappa shape index (κ1) is 33.6. The maximum atomic E-state index is 13.8. The van der Waals surface area contributed by atoms with Gasteiger partial charge in [0.15, 0.2) is 5.78 Å². The van der Waals surface area contributed by atoms with E-state index in [1.54, 1.807) is 13.2 Å². The fraction of sp³-hybridized carbons (Fsp3) is 0.455. The minimum Gasteiger partial charge on any atom is -0.506 e.